The van der Waals surface area contributed by atoms with E-state index in [1.807, 2.05) is 0 Å². The first kappa shape index (κ1) is 8.32. The van der Waals surface area contributed by atoms with Crippen molar-refractivity contribution in [2.45, 2.75) is 0 Å². The molecular weight excluding hydrogens is 259 g/mol. The molecule has 0 unspecified atom stereocenters. The van der Waals surface area contributed by atoms with Gasteiger partial charge in [-0.3, -0.25) is 0 Å². The molecule has 0 aliphatic rings. The Labute approximate surface area is 77.7 Å². The van der Waals surface area contributed by atoms with Crippen LogP contribution in [-0.4, -0.2) is 11.1 Å². The highest BCUT2D eigenvalue weighted by atomic mass is 127. The van der Waals surface area contributed by atoms with Crippen molar-refractivity contribution >= 4 is 29.0 Å². The van der Waals surface area contributed by atoms with Crippen molar-refractivity contribution in [1.82, 2.24) is 0 Å². The lowest BCUT2D eigenvalue weighted by atomic mass is 10.2. The second-order valence-corrected chi connectivity index (χ2v) is 2.35. The van der Waals surface area contributed by atoms with Crippen LogP contribution in [0.25, 0.3) is 0 Å². The normalized spacial score (nSPS) is 9.18. The maximum atomic E-state index is 10.4. The molecular formula is C7H5IO3. The van der Waals surface area contributed by atoms with Gasteiger partial charge in [0.25, 0.3) is 0 Å². The Morgan fingerprint density at radius 3 is 2.27 bits per heavy atom. The van der Waals surface area contributed by atoms with Crippen molar-refractivity contribution < 1.29 is 13.0 Å². The molecule has 58 valence electrons. The molecule has 0 atom stereocenters. The van der Waals surface area contributed by atoms with E-state index in [0.717, 1.165) is 0 Å². The summed E-state index contributed by atoms with van der Waals surface area (Å²) < 4.78 is 4.83. The molecule has 1 aromatic carbocycles. The molecule has 11 heavy (non-hydrogen) atoms. The molecule has 0 spiro atoms. The van der Waals surface area contributed by atoms with Crippen molar-refractivity contribution in [2.75, 3.05) is 0 Å². The Morgan fingerprint density at radius 2 is 1.91 bits per heavy atom. The summed E-state index contributed by atoms with van der Waals surface area (Å²) in [5, 5.41) is 8.51. The summed E-state index contributed by atoms with van der Waals surface area (Å²) in [6.07, 6.45) is 0. The third-order valence-corrected chi connectivity index (χ3v) is 1.70. The zero-order chi connectivity index (χ0) is 8.27. The summed E-state index contributed by atoms with van der Waals surface area (Å²) in [6.45, 7) is 0. The molecule has 0 bridgehead atoms. The standard InChI is InChI=1S/C7H5IO3/c8-11-6-3-1-5(2-4-6)7(9)10/h1-4H,(H,9,10). The number of hydrogen-bond donors (Lipinski definition) is 1. The lowest BCUT2D eigenvalue weighted by molar-refractivity contribution is 0.0697. The highest BCUT2D eigenvalue weighted by Gasteiger charge is 2.00. The minimum absolute atomic E-state index is 0.266. The summed E-state index contributed by atoms with van der Waals surface area (Å²) in [7, 11) is 0. The summed E-state index contributed by atoms with van der Waals surface area (Å²) in [5.74, 6) is -0.277. The van der Waals surface area contributed by atoms with E-state index in [9.17, 15) is 4.79 Å². The van der Waals surface area contributed by atoms with E-state index in [-0.39, 0.29) is 5.56 Å². The Morgan fingerprint density at radius 1 is 1.36 bits per heavy atom. The topological polar surface area (TPSA) is 46.5 Å². The predicted octanol–water partition coefficient (Wildman–Crippen LogP) is 2.11. The maximum Gasteiger partial charge on any atom is 0.335 e. The third-order valence-electron chi connectivity index (χ3n) is 1.19. The number of aromatic carboxylic acids is 1. The van der Waals surface area contributed by atoms with Crippen LogP contribution in [0.4, 0.5) is 0 Å². The van der Waals surface area contributed by atoms with Crippen LogP contribution in [0.5, 0.6) is 5.75 Å². The fourth-order valence-electron chi connectivity index (χ4n) is 0.649. The van der Waals surface area contributed by atoms with Crippen molar-refractivity contribution in [2.24, 2.45) is 0 Å². The van der Waals surface area contributed by atoms with Crippen molar-refractivity contribution in [3.8, 4) is 5.75 Å². The lowest BCUT2D eigenvalue weighted by Gasteiger charge is -1.96. The van der Waals surface area contributed by atoms with Gasteiger partial charge in [0, 0.05) is 0 Å². The van der Waals surface area contributed by atoms with Gasteiger partial charge in [0.1, 0.15) is 5.75 Å². The molecule has 0 radical (unpaired) electrons. The van der Waals surface area contributed by atoms with Crippen LogP contribution in [0.3, 0.4) is 0 Å². The molecule has 0 aromatic heterocycles. The number of rotatable bonds is 2. The van der Waals surface area contributed by atoms with Crippen LogP contribution in [-0.2, 0) is 0 Å². The summed E-state index contributed by atoms with van der Waals surface area (Å²) in [6, 6.07) is 6.21. The molecule has 3 nitrogen and oxygen atoms in total. The minimum atomic E-state index is -0.926. The van der Waals surface area contributed by atoms with Gasteiger partial charge in [0.2, 0.25) is 0 Å². The van der Waals surface area contributed by atoms with Gasteiger partial charge in [0.05, 0.1) is 5.56 Å². The van der Waals surface area contributed by atoms with E-state index in [0.29, 0.717) is 5.75 Å². The van der Waals surface area contributed by atoms with E-state index >= 15 is 0 Å². The van der Waals surface area contributed by atoms with E-state index < -0.39 is 5.97 Å². The molecule has 0 aliphatic heterocycles. The molecule has 1 aromatic rings. The lowest BCUT2D eigenvalue weighted by Crippen LogP contribution is -1.94. The number of hydrogen-bond acceptors (Lipinski definition) is 2. The SMILES string of the molecule is O=C(O)c1ccc(OI)cc1. The van der Waals surface area contributed by atoms with Gasteiger partial charge in [-0.15, -0.1) is 0 Å². The van der Waals surface area contributed by atoms with Crippen LogP contribution in [0.1, 0.15) is 10.4 Å². The second-order valence-electron chi connectivity index (χ2n) is 1.91. The zero-order valence-corrected chi connectivity index (χ0v) is 7.61. The van der Waals surface area contributed by atoms with Gasteiger partial charge < -0.3 is 8.17 Å². The first-order valence-electron chi connectivity index (χ1n) is 2.86. The number of benzene rings is 1. The van der Waals surface area contributed by atoms with E-state index in [1.54, 1.807) is 35.1 Å². The van der Waals surface area contributed by atoms with E-state index in [1.165, 1.54) is 12.1 Å². The number of carbonyl (C=O) groups is 1. The predicted molar refractivity (Wildman–Crippen MR) is 48.0 cm³/mol. The minimum Gasteiger partial charge on any atom is -0.478 e. The Balaban J connectivity index is 2.91. The molecule has 4 heteroatoms. The van der Waals surface area contributed by atoms with Crippen LogP contribution in [0.15, 0.2) is 24.3 Å². The van der Waals surface area contributed by atoms with Crippen molar-refractivity contribution in [3.05, 3.63) is 29.8 Å². The molecule has 0 saturated heterocycles. The molecule has 0 amide bonds. The number of halogens is 1. The van der Waals surface area contributed by atoms with Gasteiger partial charge in [-0.05, 0) is 24.3 Å². The van der Waals surface area contributed by atoms with Crippen LogP contribution in [0, 0.1) is 0 Å². The highest BCUT2D eigenvalue weighted by Crippen LogP contribution is 2.13. The molecule has 1 rings (SSSR count). The van der Waals surface area contributed by atoms with Crippen LogP contribution in [0.2, 0.25) is 0 Å². The highest BCUT2D eigenvalue weighted by molar-refractivity contribution is 14.1. The maximum absolute atomic E-state index is 10.4. The van der Waals surface area contributed by atoms with E-state index in [4.69, 9.17) is 8.17 Å². The summed E-state index contributed by atoms with van der Waals surface area (Å²) in [4.78, 5) is 10.4. The Kier molecular flexibility index (Phi) is 2.70. The quantitative estimate of drug-likeness (QED) is 0.832. The van der Waals surface area contributed by atoms with Gasteiger partial charge in [0.15, 0.2) is 23.0 Å². The first-order valence-corrected chi connectivity index (χ1v) is 3.74. The zero-order valence-electron chi connectivity index (χ0n) is 5.45. The van der Waals surface area contributed by atoms with Crippen LogP contribution >= 0.6 is 23.0 Å². The van der Waals surface area contributed by atoms with Gasteiger partial charge in [-0.1, -0.05) is 0 Å². The average Bonchev–Trinajstić information content (AvgIpc) is 2.05. The van der Waals surface area contributed by atoms with E-state index in [2.05, 4.69) is 0 Å². The third kappa shape index (κ3) is 2.07. The van der Waals surface area contributed by atoms with Crippen molar-refractivity contribution in [3.63, 3.8) is 0 Å². The van der Waals surface area contributed by atoms with Gasteiger partial charge in [-0.2, -0.15) is 0 Å². The summed E-state index contributed by atoms with van der Waals surface area (Å²) in [5.41, 5.74) is 0.266. The number of carboxylic acid groups (broad SMARTS) is 1. The molecule has 0 fully saturated rings. The van der Waals surface area contributed by atoms with Crippen molar-refractivity contribution in [1.29, 1.82) is 0 Å². The number of carboxylic acids is 1. The molecule has 0 aliphatic carbocycles. The largest absolute Gasteiger partial charge is 0.478 e. The fraction of sp³-hybridized carbons (Fsp3) is 0. The second kappa shape index (κ2) is 3.56. The molecule has 0 heterocycles. The monoisotopic (exact) mass is 264 g/mol. The van der Waals surface area contributed by atoms with Gasteiger partial charge >= 0.3 is 5.97 Å². The Hall–Kier alpha value is -0.780. The fourth-order valence-corrected chi connectivity index (χ4v) is 0.943. The average molecular weight is 264 g/mol. The Bertz CT molecular complexity index is 255. The molecule has 0 saturated carbocycles. The first-order chi connectivity index (χ1) is 5.24. The van der Waals surface area contributed by atoms with Crippen LogP contribution < -0.4 is 3.07 Å². The molecule has 1 N–H and O–H groups in total. The smallest absolute Gasteiger partial charge is 0.335 e. The van der Waals surface area contributed by atoms with Gasteiger partial charge in [-0.25, -0.2) is 4.79 Å². The summed E-state index contributed by atoms with van der Waals surface area (Å²) >= 11 is 1.73.